The number of rotatable bonds is 2. The molecule has 2 heterocycles. The predicted octanol–water partition coefficient (Wildman–Crippen LogP) is -0.111. The van der Waals surface area contributed by atoms with Crippen LogP contribution in [0.25, 0.3) is 0 Å². The second kappa shape index (κ2) is 4.65. The van der Waals surface area contributed by atoms with Crippen LogP contribution in [0.4, 0.5) is 0 Å². The molecule has 1 saturated heterocycles. The molecular formula is C10H12ClNO4. The van der Waals surface area contributed by atoms with E-state index in [1.807, 2.05) is 0 Å². The fourth-order valence-electron chi connectivity index (χ4n) is 1.73. The first-order chi connectivity index (χ1) is 7.63. The van der Waals surface area contributed by atoms with Gasteiger partial charge in [0.15, 0.2) is 0 Å². The van der Waals surface area contributed by atoms with E-state index in [4.69, 9.17) is 21.4 Å². The molecule has 1 aromatic heterocycles. The van der Waals surface area contributed by atoms with E-state index < -0.39 is 24.4 Å². The number of nitrogens with zero attached hydrogens (tertiary/aromatic N) is 1. The van der Waals surface area contributed by atoms with Crippen LogP contribution in [0, 0.1) is 0 Å². The Morgan fingerprint density at radius 3 is 2.62 bits per heavy atom. The lowest BCUT2D eigenvalue weighted by molar-refractivity contribution is -0.0239. The summed E-state index contributed by atoms with van der Waals surface area (Å²) in [5.74, 6) is 0. The van der Waals surface area contributed by atoms with Gasteiger partial charge in [0.25, 0.3) is 0 Å². The van der Waals surface area contributed by atoms with Gasteiger partial charge in [-0.3, -0.25) is 0 Å². The van der Waals surface area contributed by atoms with Gasteiger partial charge >= 0.3 is 0 Å². The minimum Gasteiger partial charge on any atom is -0.394 e. The summed E-state index contributed by atoms with van der Waals surface area (Å²) in [7, 11) is 0. The number of pyridine rings is 1. The summed E-state index contributed by atoms with van der Waals surface area (Å²) < 4.78 is 5.31. The lowest BCUT2D eigenvalue weighted by atomic mass is 10.1. The van der Waals surface area contributed by atoms with Crippen LogP contribution in [-0.2, 0) is 4.74 Å². The number of halogens is 1. The van der Waals surface area contributed by atoms with E-state index in [0.717, 1.165) is 0 Å². The van der Waals surface area contributed by atoms with Crippen molar-refractivity contribution >= 4 is 11.6 Å². The van der Waals surface area contributed by atoms with Crippen LogP contribution in [-0.4, -0.2) is 45.2 Å². The van der Waals surface area contributed by atoms with Gasteiger partial charge in [0.05, 0.1) is 12.3 Å². The highest BCUT2D eigenvalue weighted by molar-refractivity contribution is 6.29. The highest BCUT2D eigenvalue weighted by Crippen LogP contribution is 2.32. The minimum absolute atomic E-state index is 0.287. The molecule has 1 aromatic rings. The van der Waals surface area contributed by atoms with Crippen LogP contribution < -0.4 is 0 Å². The normalized spacial score (nSPS) is 34.2. The van der Waals surface area contributed by atoms with Crippen molar-refractivity contribution in [2.75, 3.05) is 6.61 Å². The number of aliphatic hydroxyl groups excluding tert-OH is 3. The predicted molar refractivity (Wildman–Crippen MR) is 56.0 cm³/mol. The number of aromatic nitrogens is 1. The summed E-state index contributed by atoms with van der Waals surface area (Å²) in [6.07, 6.45) is -3.77. The Morgan fingerprint density at radius 1 is 1.31 bits per heavy atom. The van der Waals surface area contributed by atoms with E-state index >= 15 is 0 Å². The van der Waals surface area contributed by atoms with E-state index in [0.29, 0.717) is 5.69 Å². The first-order valence-corrected chi connectivity index (χ1v) is 5.26. The molecule has 0 radical (unpaired) electrons. The van der Waals surface area contributed by atoms with Gasteiger partial charge in [0, 0.05) is 0 Å². The third-order valence-corrected chi connectivity index (χ3v) is 2.78. The topological polar surface area (TPSA) is 82.8 Å². The Labute approximate surface area is 97.3 Å². The zero-order valence-electron chi connectivity index (χ0n) is 8.32. The quantitative estimate of drug-likeness (QED) is 0.634. The Hall–Kier alpha value is -0.720. The van der Waals surface area contributed by atoms with Crippen molar-refractivity contribution in [3.63, 3.8) is 0 Å². The van der Waals surface area contributed by atoms with Gasteiger partial charge in [-0.05, 0) is 12.1 Å². The third kappa shape index (κ3) is 2.05. The fraction of sp³-hybridized carbons (Fsp3) is 0.500. The average molecular weight is 246 g/mol. The van der Waals surface area contributed by atoms with Crippen molar-refractivity contribution < 1.29 is 20.1 Å². The lowest BCUT2D eigenvalue weighted by Gasteiger charge is -2.13. The van der Waals surface area contributed by atoms with Crippen molar-refractivity contribution in [3.05, 3.63) is 29.0 Å². The van der Waals surface area contributed by atoms with Gasteiger partial charge in [-0.25, -0.2) is 4.98 Å². The molecule has 2 rings (SSSR count). The minimum atomic E-state index is -1.12. The summed E-state index contributed by atoms with van der Waals surface area (Å²) in [4.78, 5) is 4.00. The zero-order valence-corrected chi connectivity index (χ0v) is 9.08. The second-order valence-corrected chi connectivity index (χ2v) is 4.03. The van der Waals surface area contributed by atoms with E-state index in [1.165, 1.54) is 0 Å². The molecule has 4 atom stereocenters. The molecule has 6 heteroatoms. The van der Waals surface area contributed by atoms with Gasteiger partial charge in [0.1, 0.15) is 29.6 Å². The van der Waals surface area contributed by atoms with Crippen LogP contribution in [0.3, 0.4) is 0 Å². The molecule has 1 aliphatic heterocycles. The molecule has 3 N–H and O–H groups in total. The number of hydrogen-bond acceptors (Lipinski definition) is 5. The fourth-order valence-corrected chi connectivity index (χ4v) is 1.90. The summed E-state index contributed by atoms with van der Waals surface area (Å²) >= 11 is 5.72. The van der Waals surface area contributed by atoms with Crippen molar-refractivity contribution in [3.8, 4) is 0 Å². The molecule has 0 aromatic carbocycles. The van der Waals surface area contributed by atoms with Crippen LogP contribution in [0.2, 0.25) is 5.15 Å². The smallest absolute Gasteiger partial charge is 0.129 e. The maximum atomic E-state index is 9.73. The molecule has 0 amide bonds. The monoisotopic (exact) mass is 245 g/mol. The van der Waals surface area contributed by atoms with Crippen molar-refractivity contribution in [1.29, 1.82) is 0 Å². The standard InChI is InChI=1S/C10H12ClNO4/c11-7-3-1-2-5(12-7)10-9(15)8(14)6(4-13)16-10/h1-3,6,8-10,13-15H,4H2/t6-,8-,9-,10+/m1/s1. The summed E-state index contributed by atoms with van der Waals surface area (Å²) in [5.41, 5.74) is 0.440. The second-order valence-electron chi connectivity index (χ2n) is 3.64. The Bertz CT molecular complexity index is 376. The van der Waals surface area contributed by atoms with Gasteiger partial charge in [-0.2, -0.15) is 0 Å². The molecular weight excluding hydrogens is 234 g/mol. The Balaban J connectivity index is 2.23. The Kier molecular flexibility index (Phi) is 3.41. The number of hydrogen-bond donors (Lipinski definition) is 3. The van der Waals surface area contributed by atoms with Gasteiger partial charge < -0.3 is 20.1 Å². The highest BCUT2D eigenvalue weighted by atomic mass is 35.5. The molecule has 5 nitrogen and oxygen atoms in total. The van der Waals surface area contributed by atoms with Gasteiger partial charge in [0.2, 0.25) is 0 Å². The summed E-state index contributed by atoms with van der Waals surface area (Å²) in [5, 5.41) is 28.5. The molecule has 0 spiro atoms. The molecule has 1 aliphatic rings. The van der Waals surface area contributed by atoms with Crippen molar-refractivity contribution in [2.24, 2.45) is 0 Å². The third-order valence-electron chi connectivity index (χ3n) is 2.57. The largest absolute Gasteiger partial charge is 0.394 e. The van der Waals surface area contributed by atoms with Crippen LogP contribution >= 0.6 is 11.6 Å². The zero-order chi connectivity index (χ0) is 11.7. The summed E-state index contributed by atoms with van der Waals surface area (Å²) in [6.45, 7) is -0.352. The van der Waals surface area contributed by atoms with Crippen LogP contribution in [0.1, 0.15) is 11.8 Å². The summed E-state index contributed by atoms with van der Waals surface area (Å²) in [6, 6.07) is 4.93. The first kappa shape index (κ1) is 11.8. The van der Waals surface area contributed by atoms with E-state index in [2.05, 4.69) is 4.98 Å². The Morgan fingerprint density at radius 2 is 2.06 bits per heavy atom. The molecule has 16 heavy (non-hydrogen) atoms. The lowest BCUT2D eigenvalue weighted by Crippen LogP contribution is -2.32. The van der Waals surface area contributed by atoms with Crippen LogP contribution in [0.5, 0.6) is 0 Å². The molecule has 0 unspecified atom stereocenters. The molecule has 1 fully saturated rings. The van der Waals surface area contributed by atoms with Crippen molar-refractivity contribution in [2.45, 2.75) is 24.4 Å². The molecule has 0 saturated carbocycles. The molecule has 0 aliphatic carbocycles. The highest BCUT2D eigenvalue weighted by Gasteiger charge is 2.43. The first-order valence-electron chi connectivity index (χ1n) is 4.88. The van der Waals surface area contributed by atoms with Crippen LogP contribution in [0.15, 0.2) is 18.2 Å². The maximum Gasteiger partial charge on any atom is 0.129 e. The van der Waals surface area contributed by atoms with E-state index in [9.17, 15) is 10.2 Å². The SMILES string of the molecule is OC[C@H]1O[C@@H](c2cccc(Cl)n2)[C@H](O)[C@@H]1O. The molecule has 0 bridgehead atoms. The molecule has 88 valence electrons. The maximum absolute atomic E-state index is 9.73. The number of ether oxygens (including phenoxy) is 1. The van der Waals surface area contributed by atoms with Gasteiger partial charge in [-0.15, -0.1) is 0 Å². The van der Waals surface area contributed by atoms with Gasteiger partial charge in [-0.1, -0.05) is 17.7 Å². The number of aliphatic hydroxyl groups is 3. The van der Waals surface area contributed by atoms with E-state index in [1.54, 1.807) is 18.2 Å². The van der Waals surface area contributed by atoms with Crippen molar-refractivity contribution in [1.82, 2.24) is 4.98 Å². The van der Waals surface area contributed by atoms with E-state index in [-0.39, 0.29) is 11.8 Å². The average Bonchev–Trinajstić information content (AvgIpc) is 2.56.